The molecule has 3 heterocycles. The zero-order chi connectivity index (χ0) is 41.0. The monoisotopic (exact) mass is 793 g/mol. The Balaban J connectivity index is 1.11. The minimum Gasteiger partial charge on any atom is -0.455 e. The van der Waals surface area contributed by atoms with Crippen LogP contribution in [0.15, 0.2) is 221 Å². The number of nitrogens with zero attached hydrogens (tertiary/aromatic N) is 3. The Kier molecular flexibility index (Phi) is 8.42. The molecule has 9 aromatic carbocycles. The van der Waals surface area contributed by atoms with Gasteiger partial charge in [-0.3, -0.25) is 0 Å². The van der Waals surface area contributed by atoms with E-state index < -0.39 is 0 Å². The molecule has 62 heavy (non-hydrogen) atoms. The molecule has 0 bridgehead atoms. The maximum Gasteiger partial charge on any atom is 0.164 e. The second-order valence-corrected chi connectivity index (χ2v) is 15.4. The first-order chi connectivity index (χ1) is 30.8. The van der Waals surface area contributed by atoms with Gasteiger partial charge in [-0.2, -0.15) is 0 Å². The van der Waals surface area contributed by atoms with Gasteiger partial charge < -0.3 is 8.83 Å². The van der Waals surface area contributed by atoms with Crippen molar-refractivity contribution in [2.24, 2.45) is 0 Å². The third kappa shape index (κ3) is 5.90. The first kappa shape index (κ1) is 35.5. The fourth-order valence-electron chi connectivity index (χ4n) is 8.98. The first-order valence-electron chi connectivity index (χ1n) is 20.8. The fourth-order valence-corrected chi connectivity index (χ4v) is 8.98. The number of hydrogen-bond acceptors (Lipinski definition) is 5. The van der Waals surface area contributed by atoms with Gasteiger partial charge in [0.05, 0.1) is 0 Å². The van der Waals surface area contributed by atoms with Gasteiger partial charge in [-0.25, -0.2) is 15.0 Å². The number of rotatable bonds is 7. The Morgan fingerprint density at radius 3 is 1.02 bits per heavy atom. The Hall–Kier alpha value is -8.41. The smallest absolute Gasteiger partial charge is 0.164 e. The summed E-state index contributed by atoms with van der Waals surface area (Å²) in [5, 5.41) is 3.87. The topological polar surface area (TPSA) is 65.0 Å². The van der Waals surface area contributed by atoms with Crippen LogP contribution < -0.4 is 0 Å². The quantitative estimate of drug-likeness (QED) is 0.161. The van der Waals surface area contributed by atoms with Gasteiger partial charge in [-0.15, -0.1) is 0 Å². The van der Waals surface area contributed by atoms with E-state index in [1.807, 2.05) is 78.9 Å². The molecule has 12 rings (SSSR count). The molecule has 12 aromatic rings. The third-order valence-corrected chi connectivity index (χ3v) is 11.8. The van der Waals surface area contributed by atoms with Crippen LogP contribution in [0.5, 0.6) is 0 Å². The van der Waals surface area contributed by atoms with Crippen molar-refractivity contribution in [3.8, 4) is 78.7 Å². The Morgan fingerprint density at radius 2 is 0.613 bits per heavy atom. The lowest BCUT2D eigenvalue weighted by Crippen LogP contribution is -2.00. The number of hydrogen-bond donors (Lipinski definition) is 0. The highest BCUT2D eigenvalue weighted by molar-refractivity contribution is 6.18. The van der Waals surface area contributed by atoms with Crippen LogP contribution in [0.4, 0.5) is 0 Å². The zero-order valence-electron chi connectivity index (χ0n) is 33.4. The van der Waals surface area contributed by atoms with Gasteiger partial charge in [0, 0.05) is 49.4 Å². The van der Waals surface area contributed by atoms with Crippen molar-refractivity contribution in [2.75, 3.05) is 0 Å². The van der Waals surface area contributed by atoms with Crippen molar-refractivity contribution in [2.45, 2.75) is 0 Å². The second-order valence-electron chi connectivity index (χ2n) is 15.4. The number of aromatic nitrogens is 3. The van der Waals surface area contributed by atoms with Gasteiger partial charge in [0.2, 0.25) is 0 Å². The molecule has 3 aromatic heterocycles. The summed E-state index contributed by atoms with van der Waals surface area (Å²) in [5.74, 6) is 1.68. The van der Waals surface area contributed by atoms with Crippen LogP contribution in [-0.4, -0.2) is 15.0 Å². The Morgan fingerprint density at radius 1 is 0.258 bits per heavy atom. The number of furan rings is 2. The van der Waals surface area contributed by atoms with Gasteiger partial charge >= 0.3 is 0 Å². The van der Waals surface area contributed by atoms with E-state index in [4.69, 9.17) is 23.8 Å². The van der Waals surface area contributed by atoms with Crippen LogP contribution in [-0.2, 0) is 0 Å². The average molecular weight is 794 g/mol. The minimum atomic E-state index is 0.552. The molecule has 0 saturated heterocycles. The van der Waals surface area contributed by atoms with Crippen molar-refractivity contribution in [1.82, 2.24) is 15.0 Å². The minimum absolute atomic E-state index is 0.552. The van der Waals surface area contributed by atoms with Crippen LogP contribution in [0.25, 0.3) is 123 Å². The van der Waals surface area contributed by atoms with Crippen LogP contribution in [0.1, 0.15) is 0 Å². The molecule has 0 unspecified atom stereocenters. The number of fused-ring (bicyclic) bond motifs is 6. The summed E-state index contributed by atoms with van der Waals surface area (Å²) in [6.07, 6.45) is 0. The second kappa shape index (κ2) is 14.7. The largest absolute Gasteiger partial charge is 0.455 e. The van der Waals surface area contributed by atoms with E-state index in [1.165, 1.54) is 0 Å². The van der Waals surface area contributed by atoms with Gasteiger partial charge in [-0.05, 0) is 57.6 Å². The van der Waals surface area contributed by atoms with E-state index in [1.54, 1.807) is 0 Å². The predicted octanol–water partition coefficient (Wildman–Crippen LogP) is 15.3. The van der Waals surface area contributed by atoms with E-state index in [9.17, 15) is 0 Å². The summed E-state index contributed by atoms with van der Waals surface area (Å²) in [5.41, 5.74) is 14.5. The van der Waals surface area contributed by atoms with Crippen molar-refractivity contribution >= 4 is 43.9 Å². The molecule has 0 aliphatic heterocycles. The van der Waals surface area contributed by atoms with Crippen LogP contribution in [0.3, 0.4) is 0 Å². The fraction of sp³-hybridized carbons (Fsp3) is 0. The highest BCUT2D eigenvalue weighted by Crippen LogP contribution is 2.46. The highest BCUT2D eigenvalue weighted by atomic mass is 16.3. The summed E-state index contributed by atoms with van der Waals surface area (Å²) in [6, 6.07) is 73.1. The molecule has 0 aliphatic carbocycles. The maximum atomic E-state index is 6.89. The molecule has 0 saturated carbocycles. The van der Waals surface area contributed by atoms with E-state index in [0.29, 0.717) is 17.5 Å². The van der Waals surface area contributed by atoms with Crippen LogP contribution in [0.2, 0.25) is 0 Å². The highest BCUT2D eigenvalue weighted by Gasteiger charge is 2.24. The summed E-state index contributed by atoms with van der Waals surface area (Å²) >= 11 is 0. The van der Waals surface area contributed by atoms with Crippen LogP contribution in [0, 0.1) is 0 Å². The molecule has 0 radical (unpaired) electrons. The number of benzene rings is 9. The van der Waals surface area contributed by atoms with Gasteiger partial charge in [0.1, 0.15) is 22.3 Å². The molecule has 290 valence electrons. The molecule has 0 aliphatic rings. The van der Waals surface area contributed by atoms with E-state index >= 15 is 0 Å². The lowest BCUT2D eigenvalue weighted by atomic mass is 9.92. The third-order valence-electron chi connectivity index (χ3n) is 11.8. The Bertz CT molecular complexity index is 3380. The molecule has 0 spiro atoms. The van der Waals surface area contributed by atoms with Gasteiger partial charge in [0.25, 0.3) is 0 Å². The molecule has 5 heteroatoms. The van der Waals surface area contributed by atoms with Crippen LogP contribution >= 0.6 is 0 Å². The van der Waals surface area contributed by atoms with E-state index in [0.717, 1.165) is 105 Å². The van der Waals surface area contributed by atoms with Crippen molar-refractivity contribution in [3.05, 3.63) is 212 Å². The standard InChI is InChI=1S/C57H35N3O2/c1-6-18-36(19-7-1)41-32-34-43-51-45(28-16-30-47(51)61-53(43)49(41)38-22-10-3-11-23-38)56-58-55(40-26-14-5-15-27-40)59-57(60-56)46-29-17-31-48-52(46)44-35-33-42(37-20-8-2-9-21-37)50(54(44)62-48)39-24-12-4-13-25-39/h1-35H. The maximum absolute atomic E-state index is 6.89. The summed E-state index contributed by atoms with van der Waals surface area (Å²) in [4.78, 5) is 15.8. The molecule has 0 atom stereocenters. The molecule has 0 N–H and O–H groups in total. The SMILES string of the molecule is c1ccc(-c2nc(-c3cccc4oc5c(-c6ccccc6)c(-c6ccccc6)ccc5c34)nc(-c3cccc4oc5c(-c6ccccc6)c(-c6ccccc6)ccc5c34)n2)cc1. The predicted molar refractivity (Wildman–Crippen MR) is 252 cm³/mol. The molecule has 5 nitrogen and oxygen atoms in total. The van der Waals surface area contributed by atoms with Crippen molar-refractivity contribution in [3.63, 3.8) is 0 Å². The van der Waals surface area contributed by atoms with E-state index in [2.05, 4.69) is 133 Å². The van der Waals surface area contributed by atoms with E-state index in [-0.39, 0.29) is 0 Å². The summed E-state index contributed by atoms with van der Waals surface area (Å²) < 4.78 is 13.8. The lowest BCUT2D eigenvalue weighted by molar-refractivity contribution is 0.670. The zero-order valence-corrected chi connectivity index (χ0v) is 33.4. The van der Waals surface area contributed by atoms with Crippen molar-refractivity contribution in [1.29, 1.82) is 0 Å². The molecule has 0 amide bonds. The molecule has 0 fully saturated rings. The summed E-state index contributed by atoms with van der Waals surface area (Å²) in [6.45, 7) is 0. The average Bonchev–Trinajstić information content (AvgIpc) is 3.93. The van der Waals surface area contributed by atoms with Gasteiger partial charge in [-0.1, -0.05) is 188 Å². The molecular weight excluding hydrogens is 759 g/mol. The van der Waals surface area contributed by atoms with Crippen molar-refractivity contribution < 1.29 is 8.83 Å². The van der Waals surface area contributed by atoms with Gasteiger partial charge in [0.15, 0.2) is 17.5 Å². The summed E-state index contributed by atoms with van der Waals surface area (Å²) in [7, 11) is 0. The molecular formula is C57H35N3O2. The normalized spacial score (nSPS) is 11.5. The first-order valence-corrected chi connectivity index (χ1v) is 20.8. The Labute approximate surface area is 357 Å². The lowest BCUT2D eigenvalue weighted by Gasteiger charge is -2.12.